The number of carbonyl (C=O) groups excluding carboxylic acids is 2. The number of nitrogens with two attached hydrogens (primary N) is 1. The van der Waals surface area contributed by atoms with Gasteiger partial charge >= 0.3 is 0 Å². The van der Waals surface area contributed by atoms with E-state index >= 15 is 0 Å². The number of halogens is 1. The Balaban J connectivity index is 2.08. The number of para-hydroxylation sites is 1. The molecule has 1 aliphatic heterocycles. The van der Waals surface area contributed by atoms with Crippen LogP contribution in [0.1, 0.15) is 15.9 Å². The number of benzene rings is 2. The van der Waals surface area contributed by atoms with E-state index in [0.717, 1.165) is 5.56 Å². The van der Waals surface area contributed by atoms with Gasteiger partial charge in [-0.3, -0.25) is 14.5 Å². The van der Waals surface area contributed by atoms with Crippen LogP contribution in [-0.4, -0.2) is 17.9 Å². The average Bonchev–Trinajstić information content (AvgIpc) is 2.86. The van der Waals surface area contributed by atoms with E-state index in [-0.39, 0.29) is 5.91 Å². The van der Waals surface area contributed by atoms with Crippen molar-refractivity contribution < 1.29 is 9.59 Å². The van der Waals surface area contributed by atoms with Crippen LogP contribution in [0.25, 0.3) is 0 Å². The quantitative estimate of drug-likeness (QED) is 0.925. The SMILES string of the molecule is NC(=O)[C@@H]1Cc2ccccc2N1C(=O)c1ccccc1Cl. The Morgan fingerprint density at radius 2 is 1.76 bits per heavy atom. The van der Waals surface area contributed by atoms with Gasteiger partial charge in [0.2, 0.25) is 5.91 Å². The summed E-state index contributed by atoms with van der Waals surface area (Å²) in [5.41, 5.74) is 7.46. The number of fused-ring (bicyclic) bond motifs is 1. The summed E-state index contributed by atoms with van der Waals surface area (Å²) in [5, 5.41) is 0.357. The smallest absolute Gasteiger partial charge is 0.260 e. The Morgan fingerprint density at radius 3 is 2.48 bits per heavy atom. The number of rotatable bonds is 2. The first-order valence-corrected chi connectivity index (χ1v) is 6.92. The molecule has 0 fully saturated rings. The first kappa shape index (κ1) is 13.6. The lowest BCUT2D eigenvalue weighted by Gasteiger charge is -2.23. The molecule has 2 N–H and O–H groups in total. The monoisotopic (exact) mass is 300 g/mol. The molecule has 3 rings (SSSR count). The molecule has 0 aliphatic carbocycles. The summed E-state index contributed by atoms with van der Waals surface area (Å²) in [5.74, 6) is -0.832. The number of nitrogens with zero attached hydrogens (tertiary/aromatic N) is 1. The second kappa shape index (κ2) is 5.22. The standard InChI is InChI=1S/C16H13ClN2O2/c17-12-7-3-2-6-11(12)16(21)19-13-8-4-1-5-10(13)9-14(19)15(18)20/h1-8,14H,9H2,(H2,18,20)/t14-/m0/s1. The second-order valence-corrected chi connectivity index (χ2v) is 5.31. The van der Waals surface area contributed by atoms with Gasteiger partial charge in [0.15, 0.2) is 0 Å². The van der Waals surface area contributed by atoms with E-state index in [0.29, 0.717) is 22.7 Å². The number of amides is 2. The zero-order valence-electron chi connectivity index (χ0n) is 11.1. The van der Waals surface area contributed by atoms with Crippen molar-refractivity contribution in [2.45, 2.75) is 12.5 Å². The zero-order valence-corrected chi connectivity index (χ0v) is 11.9. The Kier molecular flexibility index (Phi) is 3.39. The van der Waals surface area contributed by atoms with E-state index in [2.05, 4.69) is 0 Å². The molecule has 0 unspecified atom stereocenters. The molecular formula is C16H13ClN2O2. The van der Waals surface area contributed by atoms with Crippen LogP contribution in [0.3, 0.4) is 0 Å². The molecule has 1 heterocycles. The number of carbonyl (C=O) groups is 2. The summed E-state index contributed by atoms with van der Waals surface area (Å²) < 4.78 is 0. The summed E-state index contributed by atoms with van der Waals surface area (Å²) in [6, 6.07) is 13.5. The van der Waals surface area contributed by atoms with Crippen LogP contribution in [0.5, 0.6) is 0 Å². The van der Waals surface area contributed by atoms with Gasteiger partial charge in [0, 0.05) is 12.1 Å². The molecule has 0 spiro atoms. The number of primary amides is 1. The number of hydrogen-bond acceptors (Lipinski definition) is 2. The van der Waals surface area contributed by atoms with Crippen LogP contribution in [0.2, 0.25) is 5.02 Å². The fourth-order valence-corrected chi connectivity index (χ4v) is 2.85. The first-order valence-electron chi connectivity index (χ1n) is 6.55. The van der Waals surface area contributed by atoms with E-state index in [4.69, 9.17) is 17.3 Å². The van der Waals surface area contributed by atoms with Crippen LogP contribution in [0.15, 0.2) is 48.5 Å². The van der Waals surface area contributed by atoms with Gasteiger partial charge in [0.25, 0.3) is 5.91 Å². The van der Waals surface area contributed by atoms with Crippen molar-refractivity contribution in [3.8, 4) is 0 Å². The molecule has 0 saturated heterocycles. The molecule has 4 nitrogen and oxygen atoms in total. The Morgan fingerprint density at radius 1 is 1.10 bits per heavy atom. The molecule has 0 radical (unpaired) electrons. The Bertz CT molecular complexity index is 730. The van der Waals surface area contributed by atoms with Crippen molar-refractivity contribution in [3.05, 3.63) is 64.7 Å². The third-order valence-corrected chi connectivity index (χ3v) is 3.96. The minimum Gasteiger partial charge on any atom is -0.368 e. The molecule has 2 amide bonds. The van der Waals surface area contributed by atoms with Crippen molar-refractivity contribution in [2.75, 3.05) is 4.90 Å². The second-order valence-electron chi connectivity index (χ2n) is 4.91. The first-order chi connectivity index (χ1) is 10.1. The van der Waals surface area contributed by atoms with Gasteiger partial charge in [-0.15, -0.1) is 0 Å². The summed E-state index contributed by atoms with van der Waals surface area (Å²) in [6.45, 7) is 0. The third-order valence-electron chi connectivity index (χ3n) is 3.63. The van der Waals surface area contributed by atoms with Crippen molar-refractivity contribution in [1.82, 2.24) is 0 Å². The summed E-state index contributed by atoms with van der Waals surface area (Å²) in [4.78, 5) is 25.9. The van der Waals surface area contributed by atoms with Crippen LogP contribution >= 0.6 is 11.6 Å². The lowest BCUT2D eigenvalue weighted by Crippen LogP contribution is -2.46. The van der Waals surface area contributed by atoms with Gasteiger partial charge in [0.1, 0.15) is 6.04 Å². The van der Waals surface area contributed by atoms with Crippen molar-refractivity contribution >= 4 is 29.1 Å². The highest BCUT2D eigenvalue weighted by Crippen LogP contribution is 2.34. The normalized spacial score (nSPS) is 16.6. The zero-order chi connectivity index (χ0) is 15.0. The predicted octanol–water partition coefficient (Wildman–Crippen LogP) is 2.40. The Labute approximate surface area is 127 Å². The third kappa shape index (κ3) is 2.28. The molecule has 0 aromatic heterocycles. The minimum absolute atomic E-state index is 0.311. The Hall–Kier alpha value is -2.33. The van der Waals surface area contributed by atoms with Crippen LogP contribution in [0, 0.1) is 0 Å². The molecule has 0 bridgehead atoms. The fraction of sp³-hybridized carbons (Fsp3) is 0.125. The molecule has 5 heteroatoms. The van der Waals surface area contributed by atoms with E-state index in [1.807, 2.05) is 24.3 Å². The maximum Gasteiger partial charge on any atom is 0.260 e. The highest BCUT2D eigenvalue weighted by atomic mass is 35.5. The molecule has 2 aromatic rings. The van der Waals surface area contributed by atoms with Crippen molar-refractivity contribution in [2.24, 2.45) is 5.73 Å². The average molecular weight is 301 g/mol. The van der Waals surface area contributed by atoms with Gasteiger partial charge in [-0.25, -0.2) is 0 Å². The summed E-state index contributed by atoms with van der Waals surface area (Å²) in [7, 11) is 0. The molecule has 1 atom stereocenters. The largest absolute Gasteiger partial charge is 0.368 e. The van der Waals surface area contributed by atoms with Crippen LogP contribution in [0.4, 0.5) is 5.69 Å². The van der Waals surface area contributed by atoms with Gasteiger partial charge < -0.3 is 5.73 Å². The molecular weight excluding hydrogens is 288 g/mol. The van der Waals surface area contributed by atoms with Crippen LogP contribution in [-0.2, 0) is 11.2 Å². The fourth-order valence-electron chi connectivity index (χ4n) is 2.63. The minimum atomic E-state index is -0.675. The lowest BCUT2D eigenvalue weighted by molar-refractivity contribution is -0.119. The van der Waals surface area contributed by atoms with Crippen molar-refractivity contribution in [3.63, 3.8) is 0 Å². The van der Waals surface area contributed by atoms with E-state index < -0.39 is 11.9 Å². The molecule has 1 aliphatic rings. The van der Waals surface area contributed by atoms with Crippen LogP contribution < -0.4 is 10.6 Å². The van der Waals surface area contributed by atoms with Gasteiger partial charge in [-0.1, -0.05) is 41.9 Å². The molecule has 0 saturated carbocycles. The molecule has 21 heavy (non-hydrogen) atoms. The summed E-state index contributed by atoms with van der Waals surface area (Å²) in [6.07, 6.45) is 0.432. The van der Waals surface area contributed by atoms with E-state index in [1.165, 1.54) is 4.90 Å². The molecule has 2 aromatic carbocycles. The van der Waals surface area contributed by atoms with Gasteiger partial charge in [-0.2, -0.15) is 0 Å². The summed E-state index contributed by atoms with van der Waals surface area (Å²) >= 11 is 6.09. The lowest BCUT2D eigenvalue weighted by atomic mass is 10.1. The maximum absolute atomic E-state index is 12.8. The number of anilines is 1. The topological polar surface area (TPSA) is 63.4 Å². The van der Waals surface area contributed by atoms with Crippen molar-refractivity contribution in [1.29, 1.82) is 0 Å². The number of hydrogen-bond donors (Lipinski definition) is 1. The van der Waals surface area contributed by atoms with E-state index in [1.54, 1.807) is 24.3 Å². The predicted molar refractivity (Wildman–Crippen MR) is 81.4 cm³/mol. The maximum atomic E-state index is 12.8. The van der Waals surface area contributed by atoms with Gasteiger partial charge in [-0.05, 0) is 23.8 Å². The molecule has 106 valence electrons. The van der Waals surface area contributed by atoms with E-state index in [9.17, 15) is 9.59 Å². The highest BCUT2D eigenvalue weighted by Gasteiger charge is 2.37. The van der Waals surface area contributed by atoms with Gasteiger partial charge in [0.05, 0.1) is 10.6 Å². The highest BCUT2D eigenvalue weighted by molar-refractivity contribution is 6.34.